The van der Waals surface area contributed by atoms with Crippen LogP contribution >= 0.6 is 0 Å². The second-order valence-corrected chi connectivity index (χ2v) is 10.7. The molecule has 33 heavy (non-hydrogen) atoms. The zero-order valence-corrected chi connectivity index (χ0v) is 19.7. The first-order valence-corrected chi connectivity index (χ1v) is 12.9. The molecule has 0 spiro atoms. The maximum atomic E-state index is 14.5. The van der Waals surface area contributed by atoms with Gasteiger partial charge in [-0.1, -0.05) is 0 Å². The molecule has 0 aliphatic carbocycles. The van der Waals surface area contributed by atoms with Gasteiger partial charge in [0.15, 0.2) is 9.84 Å². The lowest BCUT2D eigenvalue weighted by molar-refractivity contribution is 0.0691. The van der Waals surface area contributed by atoms with E-state index in [1.165, 1.54) is 18.5 Å². The first kappa shape index (κ1) is 23.2. The minimum Gasteiger partial charge on any atom is -0.447 e. The Morgan fingerprint density at radius 2 is 1.94 bits per heavy atom. The summed E-state index contributed by atoms with van der Waals surface area (Å²) in [6.07, 6.45) is 4.38. The molecule has 4 rings (SSSR count). The molecule has 1 saturated heterocycles. The van der Waals surface area contributed by atoms with E-state index in [0.29, 0.717) is 25.3 Å². The van der Waals surface area contributed by atoms with Crippen molar-refractivity contribution in [3.05, 3.63) is 35.9 Å². The van der Waals surface area contributed by atoms with E-state index in [1.54, 1.807) is 4.90 Å². The van der Waals surface area contributed by atoms with Gasteiger partial charge in [0, 0.05) is 37.5 Å². The number of hydrogen-bond acceptors (Lipinski definition) is 8. The van der Waals surface area contributed by atoms with Crippen LogP contribution in [0.2, 0.25) is 0 Å². The molecule has 1 fully saturated rings. The predicted octanol–water partition coefficient (Wildman–Crippen LogP) is 3.13. The number of benzene rings is 1. The van der Waals surface area contributed by atoms with Crippen LogP contribution in [-0.4, -0.2) is 67.4 Å². The molecule has 2 aromatic rings. The molecule has 0 bridgehead atoms. The van der Waals surface area contributed by atoms with Crippen LogP contribution < -0.4 is 10.2 Å². The smallest absolute Gasteiger partial charge is 0.410 e. The van der Waals surface area contributed by atoms with Gasteiger partial charge < -0.3 is 19.9 Å². The first-order valence-electron chi connectivity index (χ1n) is 11.0. The zero-order valence-electron chi connectivity index (χ0n) is 18.9. The summed E-state index contributed by atoms with van der Waals surface area (Å²) < 4.78 is 43.2. The summed E-state index contributed by atoms with van der Waals surface area (Å²) in [5.74, 6) is 0.649. The average molecular weight is 478 g/mol. The zero-order chi connectivity index (χ0) is 23.8. The number of amides is 1. The van der Waals surface area contributed by atoms with E-state index in [-0.39, 0.29) is 28.8 Å². The second kappa shape index (κ2) is 9.12. The molecular formula is C22H28FN5O4S. The number of fused-ring (bicyclic) bond motifs is 1. The molecule has 178 valence electrons. The van der Waals surface area contributed by atoms with Crippen molar-refractivity contribution in [3.63, 3.8) is 0 Å². The van der Waals surface area contributed by atoms with Crippen LogP contribution in [0.4, 0.5) is 26.5 Å². The average Bonchev–Trinajstić information content (AvgIpc) is 3.19. The third kappa shape index (κ3) is 5.02. The molecule has 0 saturated carbocycles. The summed E-state index contributed by atoms with van der Waals surface area (Å²) in [6.45, 7) is 5.68. The molecule has 11 heteroatoms. The number of aromatic nitrogens is 2. The third-order valence-electron chi connectivity index (χ3n) is 5.92. The Morgan fingerprint density at radius 3 is 2.58 bits per heavy atom. The normalized spacial score (nSPS) is 16.8. The second-order valence-electron chi connectivity index (χ2n) is 8.66. The summed E-state index contributed by atoms with van der Waals surface area (Å²) in [6, 6.07) is 4.01. The number of carbonyl (C=O) groups is 1. The highest BCUT2D eigenvalue weighted by atomic mass is 32.2. The summed E-state index contributed by atoms with van der Waals surface area (Å²) in [5, 5.41) is 3.00. The standard InChI is InChI=1S/C22H28FN5O4S/c1-14(2)32-22(29)27-9-6-15(7-10-27)28-11-8-17-20(24-13-25-21(17)28)26-19-5-4-16(12-18(19)23)33(3,30)31/h4-5,12-15H,6-11H2,1-3H3,(H,24,25,26). The van der Waals surface area contributed by atoms with E-state index >= 15 is 0 Å². The van der Waals surface area contributed by atoms with Crippen molar-refractivity contribution in [2.24, 2.45) is 0 Å². The van der Waals surface area contributed by atoms with Gasteiger partial charge in [0.1, 0.15) is 23.8 Å². The Morgan fingerprint density at radius 1 is 1.21 bits per heavy atom. The SMILES string of the molecule is CC(C)OC(=O)N1CCC(N2CCc3c(Nc4ccc(S(C)(=O)=O)cc4F)ncnc32)CC1. The van der Waals surface area contributed by atoms with Crippen LogP contribution in [-0.2, 0) is 21.0 Å². The maximum Gasteiger partial charge on any atom is 0.410 e. The van der Waals surface area contributed by atoms with Crippen LogP contribution in [0.3, 0.4) is 0 Å². The molecule has 1 amide bonds. The summed E-state index contributed by atoms with van der Waals surface area (Å²) in [4.78, 5) is 24.8. The van der Waals surface area contributed by atoms with E-state index in [9.17, 15) is 17.6 Å². The van der Waals surface area contributed by atoms with Crippen molar-refractivity contribution in [3.8, 4) is 0 Å². The fourth-order valence-electron chi connectivity index (χ4n) is 4.27. The number of sulfone groups is 1. The number of anilines is 3. The maximum absolute atomic E-state index is 14.5. The monoisotopic (exact) mass is 477 g/mol. The summed E-state index contributed by atoms with van der Waals surface area (Å²) in [7, 11) is -3.49. The molecule has 3 heterocycles. The van der Waals surface area contributed by atoms with E-state index in [4.69, 9.17) is 4.74 Å². The number of likely N-dealkylation sites (tertiary alicyclic amines) is 1. The van der Waals surface area contributed by atoms with Crippen molar-refractivity contribution >= 4 is 33.3 Å². The van der Waals surface area contributed by atoms with Gasteiger partial charge in [0.2, 0.25) is 0 Å². The number of piperidine rings is 1. The van der Waals surface area contributed by atoms with E-state index in [0.717, 1.165) is 43.1 Å². The van der Waals surface area contributed by atoms with Crippen molar-refractivity contribution in [1.82, 2.24) is 14.9 Å². The number of carbonyl (C=O) groups excluding carboxylic acids is 1. The van der Waals surface area contributed by atoms with Crippen molar-refractivity contribution in [1.29, 1.82) is 0 Å². The molecule has 0 radical (unpaired) electrons. The quantitative estimate of drug-likeness (QED) is 0.700. The minimum absolute atomic E-state index is 0.0757. The Balaban J connectivity index is 1.47. The lowest BCUT2D eigenvalue weighted by Crippen LogP contribution is -2.47. The number of nitrogens with one attached hydrogen (secondary N) is 1. The lowest BCUT2D eigenvalue weighted by atomic mass is 10.0. The fraction of sp³-hybridized carbons (Fsp3) is 0.500. The first-order chi connectivity index (χ1) is 15.6. The highest BCUT2D eigenvalue weighted by molar-refractivity contribution is 7.90. The molecule has 0 unspecified atom stereocenters. The number of halogens is 1. The van der Waals surface area contributed by atoms with Crippen LogP contribution in [0.5, 0.6) is 0 Å². The van der Waals surface area contributed by atoms with Crippen molar-refractivity contribution < 1.29 is 22.3 Å². The Labute approximate surface area is 192 Å². The van der Waals surface area contributed by atoms with Gasteiger partial charge >= 0.3 is 6.09 Å². The number of hydrogen-bond donors (Lipinski definition) is 1. The highest BCUT2D eigenvalue weighted by Crippen LogP contribution is 2.35. The number of rotatable bonds is 5. The van der Waals surface area contributed by atoms with Crippen LogP contribution in [0.15, 0.2) is 29.4 Å². The van der Waals surface area contributed by atoms with E-state index < -0.39 is 15.7 Å². The van der Waals surface area contributed by atoms with Gasteiger partial charge in [-0.05, 0) is 51.3 Å². The van der Waals surface area contributed by atoms with Gasteiger partial charge in [0.25, 0.3) is 0 Å². The van der Waals surface area contributed by atoms with Gasteiger partial charge in [0.05, 0.1) is 16.7 Å². The third-order valence-corrected chi connectivity index (χ3v) is 7.03. The minimum atomic E-state index is -3.49. The molecule has 1 N–H and O–H groups in total. The van der Waals surface area contributed by atoms with Crippen LogP contribution in [0.1, 0.15) is 32.3 Å². The molecule has 2 aliphatic heterocycles. The lowest BCUT2D eigenvalue weighted by Gasteiger charge is -2.37. The van der Waals surface area contributed by atoms with Gasteiger partial charge in [-0.25, -0.2) is 27.6 Å². The summed E-state index contributed by atoms with van der Waals surface area (Å²) >= 11 is 0. The predicted molar refractivity (Wildman–Crippen MR) is 122 cm³/mol. The fourth-order valence-corrected chi connectivity index (χ4v) is 4.91. The largest absolute Gasteiger partial charge is 0.447 e. The van der Waals surface area contributed by atoms with Gasteiger partial charge in [-0.3, -0.25) is 0 Å². The Kier molecular flexibility index (Phi) is 6.42. The molecule has 1 aromatic carbocycles. The Bertz CT molecular complexity index is 1150. The molecular weight excluding hydrogens is 449 g/mol. The molecule has 2 aliphatic rings. The summed E-state index contributed by atoms with van der Waals surface area (Å²) in [5.41, 5.74) is 1.05. The molecule has 0 atom stereocenters. The number of nitrogens with zero attached hydrogens (tertiary/aromatic N) is 4. The Hall–Kier alpha value is -2.95. The van der Waals surface area contributed by atoms with Crippen LogP contribution in [0.25, 0.3) is 0 Å². The van der Waals surface area contributed by atoms with Crippen molar-refractivity contribution in [2.45, 2.75) is 50.2 Å². The van der Waals surface area contributed by atoms with Crippen LogP contribution in [0, 0.1) is 5.82 Å². The van der Waals surface area contributed by atoms with Crippen molar-refractivity contribution in [2.75, 3.05) is 36.1 Å². The van der Waals surface area contributed by atoms with E-state index in [2.05, 4.69) is 20.2 Å². The molecule has 1 aromatic heterocycles. The topological polar surface area (TPSA) is 105 Å². The van der Waals surface area contributed by atoms with E-state index in [1.807, 2.05) is 13.8 Å². The molecule has 9 nitrogen and oxygen atoms in total. The van der Waals surface area contributed by atoms with Gasteiger partial charge in [-0.2, -0.15) is 0 Å². The highest BCUT2D eigenvalue weighted by Gasteiger charge is 2.33. The van der Waals surface area contributed by atoms with Gasteiger partial charge in [-0.15, -0.1) is 0 Å². The number of ether oxygens (including phenoxy) is 1.